The molecule has 1 rings (SSSR count). The van der Waals surface area contributed by atoms with Gasteiger partial charge in [-0.3, -0.25) is 4.79 Å². The molecule has 94 valence electrons. The van der Waals surface area contributed by atoms with Gasteiger partial charge in [-0.1, -0.05) is 52.4 Å². The fraction of sp³-hybridized carbons (Fsp3) is 0.933. The fourth-order valence-electron chi connectivity index (χ4n) is 3.04. The second-order valence-electron chi connectivity index (χ2n) is 5.43. The number of unbranched alkanes of at least 4 members (excludes halogenated alkanes) is 4. The lowest BCUT2D eigenvalue weighted by molar-refractivity contribution is -0.128. The summed E-state index contributed by atoms with van der Waals surface area (Å²) in [5.41, 5.74) is 0.102. The van der Waals surface area contributed by atoms with Crippen LogP contribution < -0.4 is 0 Å². The Morgan fingerprint density at radius 3 is 2.19 bits per heavy atom. The zero-order valence-electron chi connectivity index (χ0n) is 11.2. The van der Waals surface area contributed by atoms with Crippen LogP contribution in [0.25, 0.3) is 0 Å². The van der Waals surface area contributed by atoms with Gasteiger partial charge in [0.25, 0.3) is 0 Å². The van der Waals surface area contributed by atoms with Crippen molar-refractivity contribution in [3.05, 3.63) is 0 Å². The second kappa shape index (κ2) is 7.09. The monoisotopic (exact) mass is 224 g/mol. The quantitative estimate of drug-likeness (QED) is 0.537. The first-order valence-corrected chi connectivity index (χ1v) is 7.28. The average molecular weight is 224 g/mol. The van der Waals surface area contributed by atoms with Crippen LogP contribution in [0.1, 0.15) is 84.5 Å². The maximum Gasteiger partial charge on any atom is 0.139 e. The van der Waals surface area contributed by atoms with Gasteiger partial charge in [0.05, 0.1) is 0 Å². The predicted molar refractivity (Wildman–Crippen MR) is 69.6 cm³/mol. The molecule has 0 N–H and O–H groups in total. The van der Waals surface area contributed by atoms with Crippen molar-refractivity contribution in [3.63, 3.8) is 0 Å². The van der Waals surface area contributed by atoms with E-state index in [-0.39, 0.29) is 5.41 Å². The number of hydrogen-bond acceptors (Lipinski definition) is 1. The van der Waals surface area contributed by atoms with Crippen molar-refractivity contribution in [3.8, 4) is 0 Å². The fourth-order valence-corrected chi connectivity index (χ4v) is 3.04. The van der Waals surface area contributed by atoms with Crippen molar-refractivity contribution < 1.29 is 4.79 Å². The van der Waals surface area contributed by atoms with Gasteiger partial charge in [-0.25, -0.2) is 0 Å². The van der Waals surface area contributed by atoms with Crippen molar-refractivity contribution in [2.24, 2.45) is 5.41 Å². The van der Waals surface area contributed by atoms with Gasteiger partial charge in [-0.05, 0) is 25.7 Å². The highest BCUT2D eigenvalue weighted by Gasteiger charge is 2.37. The molecule has 0 aromatic carbocycles. The molecule has 0 aliphatic heterocycles. The van der Waals surface area contributed by atoms with E-state index >= 15 is 0 Å². The topological polar surface area (TPSA) is 17.1 Å². The van der Waals surface area contributed by atoms with Crippen molar-refractivity contribution in [1.82, 2.24) is 0 Å². The van der Waals surface area contributed by atoms with Crippen molar-refractivity contribution in [2.75, 3.05) is 0 Å². The molecule has 1 aliphatic rings. The summed E-state index contributed by atoms with van der Waals surface area (Å²) < 4.78 is 0. The van der Waals surface area contributed by atoms with Crippen LogP contribution in [-0.4, -0.2) is 5.78 Å². The molecule has 0 heterocycles. The number of carbonyl (C=O) groups excluding carboxylic acids is 1. The summed E-state index contributed by atoms with van der Waals surface area (Å²) in [5, 5.41) is 0. The van der Waals surface area contributed by atoms with E-state index in [9.17, 15) is 4.79 Å². The Labute approximate surface area is 101 Å². The van der Waals surface area contributed by atoms with E-state index in [0.29, 0.717) is 5.78 Å². The molecule has 0 aromatic rings. The van der Waals surface area contributed by atoms with Gasteiger partial charge in [0.1, 0.15) is 5.78 Å². The first-order chi connectivity index (χ1) is 7.75. The first kappa shape index (κ1) is 13.7. The molecule has 0 bridgehead atoms. The van der Waals surface area contributed by atoms with Crippen LogP contribution in [0.4, 0.5) is 0 Å². The van der Waals surface area contributed by atoms with Gasteiger partial charge in [0.15, 0.2) is 0 Å². The lowest BCUT2D eigenvalue weighted by atomic mass is 9.77. The third-order valence-corrected chi connectivity index (χ3v) is 4.34. The Morgan fingerprint density at radius 1 is 1.00 bits per heavy atom. The predicted octanol–water partition coefficient (Wildman–Crippen LogP) is 4.89. The highest BCUT2D eigenvalue weighted by atomic mass is 16.1. The number of carbonyl (C=O) groups is 1. The van der Waals surface area contributed by atoms with Crippen molar-refractivity contribution in [2.45, 2.75) is 84.5 Å². The van der Waals surface area contributed by atoms with E-state index in [1.165, 1.54) is 38.5 Å². The van der Waals surface area contributed by atoms with E-state index in [0.717, 1.165) is 32.1 Å². The summed E-state index contributed by atoms with van der Waals surface area (Å²) in [6.45, 7) is 4.43. The maximum absolute atomic E-state index is 12.2. The summed E-state index contributed by atoms with van der Waals surface area (Å²) in [6, 6.07) is 0. The molecule has 16 heavy (non-hydrogen) atoms. The molecule has 1 heteroatoms. The van der Waals surface area contributed by atoms with E-state index in [1.807, 2.05) is 0 Å². The maximum atomic E-state index is 12.2. The number of ketones is 1. The molecule has 0 atom stereocenters. The minimum atomic E-state index is 0.102. The Hall–Kier alpha value is -0.330. The van der Waals surface area contributed by atoms with E-state index in [1.54, 1.807) is 0 Å². The number of rotatable bonds is 8. The molecule has 1 nitrogen and oxygen atoms in total. The van der Waals surface area contributed by atoms with Gasteiger partial charge >= 0.3 is 0 Å². The third kappa shape index (κ3) is 3.61. The van der Waals surface area contributed by atoms with Gasteiger partial charge in [0, 0.05) is 11.8 Å². The lowest BCUT2D eigenvalue weighted by Crippen LogP contribution is -2.26. The molecule has 0 saturated heterocycles. The highest BCUT2D eigenvalue weighted by Crippen LogP contribution is 2.42. The zero-order chi connectivity index (χ0) is 11.9. The summed E-state index contributed by atoms with van der Waals surface area (Å²) >= 11 is 0. The molecule has 1 aliphatic carbocycles. The minimum absolute atomic E-state index is 0.102. The normalized spacial score (nSPS) is 18.9. The summed E-state index contributed by atoms with van der Waals surface area (Å²) in [4.78, 5) is 12.2. The Balaban J connectivity index is 2.22. The summed E-state index contributed by atoms with van der Waals surface area (Å²) in [5.74, 6) is 0.573. The molecule has 1 fully saturated rings. The van der Waals surface area contributed by atoms with Crippen LogP contribution >= 0.6 is 0 Å². The van der Waals surface area contributed by atoms with Crippen LogP contribution in [0.5, 0.6) is 0 Å². The highest BCUT2D eigenvalue weighted by molar-refractivity contribution is 5.85. The molecular weight excluding hydrogens is 196 g/mol. The first-order valence-electron chi connectivity index (χ1n) is 7.28. The van der Waals surface area contributed by atoms with Crippen LogP contribution in [0, 0.1) is 5.41 Å². The zero-order valence-corrected chi connectivity index (χ0v) is 11.2. The SMILES string of the molecule is CCCCCCCC(=O)C1(CC)CCCC1. The van der Waals surface area contributed by atoms with Crippen molar-refractivity contribution >= 4 is 5.78 Å². The third-order valence-electron chi connectivity index (χ3n) is 4.34. The van der Waals surface area contributed by atoms with Crippen LogP contribution in [0.3, 0.4) is 0 Å². The molecule has 0 amide bonds. The smallest absolute Gasteiger partial charge is 0.139 e. The Kier molecular flexibility index (Phi) is 6.08. The van der Waals surface area contributed by atoms with E-state index in [2.05, 4.69) is 13.8 Å². The Bertz CT molecular complexity index is 201. The van der Waals surface area contributed by atoms with Crippen LogP contribution in [0.15, 0.2) is 0 Å². The van der Waals surface area contributed by atoms with Gasteiger partial charge in [-0.15, -0.1) is 0 Å². The van der Waals surface area contributed by atoms with Crippen molar-refractivity contribution in [1.29, 1.82) is 0 Å². The van der Waals surface area contributed by atoms with Crippen LogP contribution in [-0.2, 0) is 4.79 Å². The summed E-state index contributed by atoms with van der Waals surface area (Å²) in [7, 11) is 0. The molecule has 0 radical (unpaired) electrons. The number of hydrogen-bond donors (Lipinski definition) is 0. The molecule has 0 unspecified atom stereocenters. The van der Waals surface area contributed by atoms with E-state index in [4.69, 9.17) is 0 Å². The molecule has 1 saturated carbocycles. The largest absolute Gasteiger partial charge is 0.299 e. The van der Waals surface area contributed by atoms with E-state index < -0.39 is 0 Å². The summed E-state index contributed by atoms with van der Waals surface area (Å²) in [6.07, 6.45) is 13.1. The molecule has 0 spiro atoms. The van der Waals surface area contributed by atoms with Crippen LogP contribution in [0.2, 0.25) is 0 Å². The average Bonchev–Trinajstić information content (AvgIpc) is 2.78. The lowest BCUT2D eigenvalue weighted by Gasteiger charge is -2.25. The Morgan fingerprint density at radius 2 is 1.62 bits per heavy atom. The second-order valence-corrected chi connectivity index (χ2v) is 5.43. The van der Waals surface area contributed by atoms with Gasteiger partial charge in [-0.2, -0.15) is 0 Å². The minimum Gasteiger partial charge on any atom is -0.299 e. The number of Topliss-reactive ketones (excluding diaryl/α,β-unsaturated/α-hetero) is 1. The van der Waals surface area contributed by atoms with Gasteiger partial charge < -0.3 is 0 Å². The standard InChI is InChI=1S/C15H28O/c1-3-5-6-7-8-11-14(16)15(4-2)12-9-10-13-15/h3-13H2,1-2H3. The van der Waals surface area contributed by atoms with Gasteiger partial charge in [0.2, 0.25) is 0 Å². The molecular formula is C15H28O. The molecule has 0 aromatic heterocycles.